The minimum Gasteiger partial charge on any atom is -0.381 e. The third-order valence-electron chi connectivity index (χ3n) is 5.71. The van der Waals surface area contributed by atoms with E-state index in [1.54, 1.807) is 4.31 Å². The Labute approximate surface area is 145 Å². The predicted octanol–water partition coefficient (Wildman–Crippen LogP) is 1.61. The molecule has 0 aromatic carbocycles. The molecular weight excluding hydrogens is 328 g/mol. The highest BCUT2D eigenvalue weighted by molar-refractivity contribution is 7.88. The molecule has 6 nitrogen and oxygen atoms in total. The molecule has 1 saturated carbocycles. The number of rotatable bonds is 4. The lowest BCUT2D eigenvalue weighted by Gasteiger charge is -2.43. The van der Waals surface area contributed by atoms with Crippen LogP contribution >= 0.6 is 0 Å². The lowest BCUT2D eigenvalue weighted by molar-refractivity contribution is -0.137. The molecule has 2 saturated heterocycles. The smallest absolute Gasteiger partial charge is 0.225 e. The van der Waals surface area contributed by atoms with E-state index >= 15 is 0 Å². The first kappa shape index (κ1) is 18.1. The third kappa shape index (κ3) is 4.11. The van der Waals surface area contributed by atoms with Gasteiger partial charge >= 0.3 is 0 Å². The summed E-state index contributed by atoms with van der Waals surface area (Å²) < 4.78 is 32.0. The van der Waals surface area contributed by atoms with Gasteiger partial charge in [0, 0.05) is 44.3 Å². The van der Waals surface area contributed by atoms with Gasteiger partial charge in [0.05, 0.1) is 6.26 Å². The number of ether oxygens (including phenoxy) is 1. The Morgan fingerprint density at radius 2 is 1.67 bits per heavy atom. The summed E-state index contributed by atoms with van der Waals surface area (Å²) in [7, 11) is -3.29. The molecule has 0 bridgehead atoms. The molecule has 3 aliphatic rings. The van der Waals surface area contributed by atoms with Gasteiger partial charge in [-0.2, -0.15) is 4.31 Å². The van der Waals surface area contributed by atoms with E-state index in [0.29, 0.717) is 19.8 Å². The lowest BCUT2D eigenvalue weighted by Crippen LogP contribution is -2.56. The van der Waals surface area contributed by atoms with Crippen LogP contribution in [0.3, 0.4) is 0 Å². The summed E-state index contributed by atoms with van der Waals surface area (Å²) in [6.45, 7) is 2.57. The molecule has 1 amide bonds. The topological polar surface area (TPSA) is 66.9 Å². The van der Waals surface area contributed by atoms with Crippen molar-refractivity contribution in [1.82, 2.24) is 9.21 Å². The molecule has 3 rings (SSSR count). The van der Waals surface area contributed by atoms with Gasteiger partial charge in [-0.25, -0.2) is 8.42 Å². The van der Waals surface area contributed by atoms with Gasteiger partial charge in [-0.15, -0.1) is 0 Å². The van der Waals surface area contributed by atoms with Gasteiger partial charge in [-0.05, 0) is 38.5 Å². The normalized spacial score (nSPS) is 27.8. The molecule has 2 aliphatic heterocycles. The quantitative estimate of drug-likeness (QED) is 0.766. The van der Waals surface area contributed by atoms with Crippen LogP contribution in [-0.2, 0) is 19.6 Å². The second-order valence-corrected chi connectivity index (χ2v) is 9.39. The fourth-order valence-corrected chi connectivity index (χ4v) is 6.04. The number of amides is 1. The Morgan fingerprint density at radius 1 is 1.00 bits per heavy atom. The summed E-state index contributed by atoms with van der Waals surface area (Å²) in [6.07, 6.45) is 8.82. The van der Waals surface area contributed by atoms with Crippen LogP contribution in [-0.4, -0.2) is 68.2 Å². The number of likely N-dealkylation sites (tertiary alicyclic amines) is 1. The Balaban J connectivity index is 1.71. The fourth-order valence-electron chi connectivity index (χ4n) is 4.57. The molecule has 0 spiro atoms. The molecule has 24 heavy (non-hydrogen) atoms. The van der Waals surface area contributed by atoms with E-state index in [-0.39, 0.29) is 23.9 Å². The van der Waals surface area contributed by atoms with Crippen LogP contribution in [0.1, 0.15) is 51.4 Å². The van der Waals surface area contributed by atoms with Crippen LogP contribution in [0.5, 0.6) is 0 Å². The largest absolute Gasteiger partial charge is 0.381 e. The van der Waals surface area contributed by atoms with Crippen LogP contribution in [0.2, 0.25) is 0 Å². The molecule has 1 unspecified atom stereocenters. The van der Waals surface area contributed by atoms with Crippen molar-refractivity contribution in [1.29, 1.82) is 0 Å². The highest BCUT2D eigenvalue weighted by atomic mass is 32.2. The molecule has 2 heterocycles. The Kier molecular flexibility index (Phi) is 5.82. The Hall–Kier alpha value is -0.660. The molecule has 3 fully saturated rings. The molecule has 0 aromatic heterocycles. The molecule has 7 heteroatoms. The van der Waals surface area contributed by atoms with Gasteiger partial charge < -0.3 is 9.64 Å². The zero-order valence-corrected chi connectivity index (χ0v) is 15.5. The zero-order valence-electron chi connectivity index (χ0n) is 14.7. The van der Waals surface area contributed by atoms with E-state index in [1.165, 1.54) is 6.26 Å². The van der Waals surface area contributed by atoms with Crippen molar-refractivity contribution >= 4 is 15.9 Å². The molecule has 0 N–H and O–H groups in total. The number of nitrogens with zero attached hydrogens (tertiary/aromatic N) is 2. The maximum Gasteiger partial charge on any atom is 0.225 e. The van der Waals surface area contributed by atoms with E-state index in [0.717, 1.165) is 57.9 Å². The Bertz CT molecular complexity index is 539. The van der Waals surface area contributed by atoms with Crippen molar-refractivity contribution in [3.05, 3.63) is 0 Å². The summed E-state index contributed by atoms with van der Waals surface area (Å²) in [4.78, 5) is 14.7. The minimum absolute atomic E-state index is 0.0142. The van der Waals surface area contributed by atoms with E-state index in [1.807, 2.05) is 4.90 Å². The van der Waals surface area contributed by atoms with Crippen LogP contribution in [0.4, 0.5) is 0 Å². The number of piperidine rings is 1. The summed E-state index contributed by atoms with van der Waals surface area (Å²) >= 11 is 0. The first-order chi connectivity index (χ1) is 11.5. The van der Waals surface area contributed by atoms with Gasteiger partial charge in [-0.3, -0.25) is 4.79 Å². The first-order valence-electron chi connectivity index (χ1n) is 9.32. The minimum atomic E-state index is -3.29. The second kappa shape index (κ2) is 7.70. The number of sulfonamides is 1. The van der Waals surface area contributed by atoms with Gasteiger partial charge in [-0.1, -0.05) is 12.8 Å². The van der Waals surface area contributed by atoms with Crippen LogP contribution in [0, 0.1) is 5.92 Å². The zero-order chi connectivity index (χ0) is 17.2. The maximum absolute atomic E-state index is 12.7. The predicted molar refractivity (Wildman–Crippen MR) is 92.1 cm³/mol. The molecule has 0 radical (unpaired) electrons. The second-order valence-electron chi connectivity index (χ2n) is 7.50. The maximum atomic E-state index is 12.7. The van der Waals surface area contributed by atoms with Crippen molar-refractivity contribution in [3.8, 4) is 0 Å². The van der Waals surface area contributed by atoms with E-state index in [9.17, 15) is 13.2 Å². The van der Waals surface area contributed by atoms with Gasteiger partial charge in [0.25, 0.3) is 0 Å². The average molecular weight is 359 g/mol. The number of hydrogen-bond donors (Lipinski definition) is 0. The number of carbonyl (C=O) groups excluding carboxylic acids is 1. The summed E-state index contributed by atoms with van der Waals surface area (Å²) in [5, 5.41) is 0. The van der Waals surface area contributed by atoms with Crippen LogP contribution in [0.25, 0.3) is 0 Å². The summed E-state index contributed by atoms with van der Waals surface area (Å²) in [5.41, 5.74) is 0. The number of carbonyl (C=O) groups is 1. The molecule has 1 aliphatic carbocycles. The lowest BCUT2D eigenvalue weighted by atomic mass is 9.99. The van der Waals surface area contributed by atoms with Gasteiger partial charge in [0.2, 0.25) is 15.9 Å². The van der Waals surface area contributed by atoms with Gasteiger partial charge in [0.1, 0.15) is 0 Å². The molecular formula is C17H30N2O4S. The summed E-state index contributed by atoms with van der Waals surface area (Å²) in [5.74, 6) is 0.413. The standard InChI is InChI=1S/C17H30N2O4S/c1-24(21,22)19(15-8-11-23-12-9-15)16-7-4-10-18(13-16)17(20)14-5-2-3-6-14/h14-16H,2-13H2,1H3. The highest BCUT2D eigenvalue weighted by Gasteiger charge is 2.39. The van der Waals surface area contributed by atoms with E-state index in [4.69, 9.17) is 4.74 Å². The van der Waals surface area contributed by atoms with Crippen molar-refractivity contribution in [2.75, 3.05) is 32.6 Å². The fraction of sp³-hybridized carbons (Fsp3) is 0.941. The van der Waals surface area contributed by atoms with Crippen molar-refractivity contribution < 1.29 is 17.9 Å². The van der Waals surface area contributed by atoms with Crippen molar-refractivity contribution in [3.63, 3.8) is 0 Å². The monoisotopic (exact) mass is 358 g/mol. The van der Waals surface area contributed by atoms with E-state index in [2.05, 4.69) is 0 Å². The van der Waals surface area contributed by atoms with Gasteiger partial charge in [0.15, 0.2) is 0 Å². The van der Waals surface area contributed by atoms with Crippen LogP contribution in [0.15, 0.2) is 0 Å². The molecule has 0 aromatic rings. The Morgan fingerprint density at radius 3 is 2.29 bits per heavy atom. The molecule has 1 atom stereocenters. The van der Waals surface area contributed by atoms with E-state index < -0.39 is 10.0 Å². The van der Waals surface area contributed by atoms with Crippen molar-refractivity contribution in [2.45, 2.75) is 63.5 Å². The molecule has 138 valence electrons. The third-order valence-corrected chi connectivity index (χ3v) is 7.07. The summed E-state index contributed by atoms with van der Waals surface area (Å²) in [6, 6.07) is -0.0671. The average Bonchev–Trinajstić information content (AvgIpc) is 3.09. The SMILES string of the molecule is CS(=O)(=O)N(C1CCOCC1)C1CCCN(C(=O)C2CCCC2)C1. The first-order valence-corrected chi connectivity index (χ1v) is 11.2. The van der Waals surface area contributed by atoms with Crippen LogP contribution < -0.4 is 0 Å². The highest BCUT2D eigenvalue weighted by Crippen LogP contribution is 2.30. The van der Waals surface area contributed by atoms with Crippen molar-refractivity contribution in [2.24, 2.45) is 5.92 Å². The number of hydrogen-bond acceptors (Lipinski definition) is 4.